The Kier molecular flexibility index (Phi) is 9.48. The van der Waals surface area contributed by atoms with Crippen LogP contribution < -0.4 is 0 Å². The number of rotatable bonds is 7. The van der Waals surface area contributed by atoms with Crippen molar-refractivity contribution in [2.45, 2.75) is 25.4 Å². The lowest BCUT2D eigenvalue weighted by molar-refractivity contribution is -0.141. The standard InChI is InChI=1S/C20H21Br2N3O6/c21-14-10-13(11-15(22)19(14)30)12-16(26)20(31)23-4-1-5-24-6-8-25(9-7-24)17(27)2-3-18(28)29/h5,10-11,16,26,30H,2-3,6-9,12H2,(H,28,29)/t16-/m1/s1. The summed E-state index contributed by atoms with van der Waals surface area (Å²) in [5.74, 6) is 0.440. The highest BCUT2D eigenvalue weighted by Crippen LogP contribution is 2.33. The molecular weight excluding hydrogens is 538 g/mol. The number of nitrogens with zero attached hydrogens (tertiary/aromatic N) is 3. The number of phenolic OH excluding ortho intramolecular Hbond substituents is 1. The molecule has 0 saturated carbocycles. The van der Waals surface area contributed by atoms with Gasteiger partial charge in [-0.05, 0) is 55.3 Å². The van der Waals surface area contributed by atoms with E-state index in [4.69, 9.17) is 5.11 Å². The van der Waals surface area contributed by atoms with Crippen LogP contribution in [0.4, 0.5) is 0 Å². The van der Waals surface area contributed by atoms with E-state index in [2.05, 4.69) is 48.5 Å². The molecule has 3 N–H and O–H groups in total. The fourth-order valence-electron chi connectivity index (χ4n) is 2.80. The summed E-state index contributed by atoms with van der Waals surface area (Å²) in [5, 5.41) is 28.4. The predicted molar refractivity (Wildman–Crippen MR) is 119 cm³/mol. The Bertz CT molecular complexity index is 923. The predicted octanol–water partition coefficient (Wildman–Crippen LogP) is 1.69. The second-order valence-electron chi connectivity index (χ2n) is 6.77. The van der Waals surface area contributed by atoms with Gasteiger partial charge in [-0.3, -0.25) is 14.4 Å². The summed E-state index contributed by atoms with van der Waals surface area (Å²) in [7, 11) is 0. The average molecular weight is 559 g/mol. The van der Waals surface area contributed by atoms with Crippen molar-refractivity contribution in [3.05, 3.63) is 38.6 Å². The van der Waals surface area contributed by atoms with Gasteiger partial charge in [0.15, 0.2) is 0 Å². The lowest BCUT2D eigenvalue weighted by Crippen LogP contribution is -2.46. The third kappa shape index (κ3) is 7.97. The van der Waals surface area contributed by atoms with Crippen LogP contribution in [0.25, 0.3) is 0 Å². The topological polar surface area (TPSA) is 131 Å². The first-order chi connectivity index (χ1) is 14.7. The molecule has 2 rings (SSSR count). The summed E-state index contributed by atoms with van der Waals surface area (Å²) >= 11 is 6.38. The van der Waals surface area contributed by atoms with E-state index in [1.54, 1.807) is 23.2 Å². The zero-order valence-corrected chi connectivity index (χ0v) is 19.6. The number of hydrogen-bond acceptors (Lipinski definition) is 6. The third-order valence-corrected chi connectivity index (χ3v) is 5.70. The fourth-order valence-corrected chi connectivity index (χ4v) is 4.08. The molecular formula is C20H21Br2N3O6. The number of carbonyl (C=O) groups excluding carboxylic acids is 2. The largest absolute Gasteiger partial charge is 0.506 e. The molecule has 1 fully saturated rings. The molecule has 166 valence electrons. The highest BCUT2D eigenvalue weighted by molar-refractivity contribution is 9.11. The van der Waals surface area contributed by atoms with Gasteiger partial charge in [0.1, 0.15) is 11.9 Å². The summed E-state index contributed by atoms with van der Waals surface area (Å²) in [5.41, 5.74) is 3.27. The van der Waals surface area contributed by atoms with Crippen molar-refractivity contribution >= 4 is 55.5 Å². The minimum atomic E-state index is -1.36. The summed E-state index contributed by atoms with van der Waals surface area (Å²) in [6, 6.07) is 3.20. The molecule has 1 atom stereocenters. The zero-order chi connectivity index (χ0) is 23.0. The average Bonchev–Trinajstić information content (AvgIpc) is 2.73. The molecule has 0 aromatic heterocycles. The lowest BCUT2D eigenvalue weighted by atomic mass is 10.1. The van der Waals surface area contributed by atoms with Crippen molar-refractivity contribution in [1.29, 1.82) is 0 Å². The van der Waals surface area contributed by atoms with Crippen molar-refractivity contribution in [2.75, 3.05) is 26.2 Å². The molecule has 2 amide bonds. The van der Waals surface area contributed by atoms with Gasteiger partial charge >= 0.3 is 5.97 Å². The Hall–Kier alpha value is -2.42. The van der Waals surface area contributed by atoms with Gasteiger partial charge < -0.3 is 25.1 Å². The number of aromatic hydroxyl groups is 1. The number of aliphatic imine (C=N–C) groups is 1. The molecule has 0 bridgehead atoms. The van der Waals surface area contributed by atoms with E-state index in [9.17, 15) is 24.6 Å². The van der Waals surface area contributed by atoms with Gasteiger partial charge in [-0.1, -0.05) is 0 Å². The molecule has 31 heavy (non-hydrogen) atoms. The molecule has 1 aromatic rings. The number of halogens is 2. The zero-order valence-electron chi connectivity index (χ0n) is 16.4. The molecule has 1 aromatic carbocycles. The number of amides is 2. The van der Waals surface area contributed by atoms with Crippen molar-refractivity contribution in [3.8, 4) is 5.75 Å². The number of carbonyl (C=O) groups is 3. The maximum atomic E-state index is 12.0. The highest BCUT2D eigenvalue weighted by Gasteiger charge is 2.20. The Morgan fingerprint density at radius 2 is 1.74 bits per heavy atom. The van der Waals surface area contributed by atoms with Crippen LogP contribution in [0.3, 0.4) is 0 Å². The van der Waals surface area contributed by atoms with Gasteiger partial charge in [-0.15, -0.1) is 0 Å². The Balaban J connectivity index is 1.85. The van der Waals surface area contributed by atoms with Crippen molar-refractivity contribution in [3.63, 3.8) is 0 Å². The molecule has 1 aliphatic rings. The number of phenols is 1. The summed E-state index contributed by atoms with van der Waals surface area (Å²) in [6.07, 6.45) is 0.0250. The molecule has 9 nitrogen and oxygen atoms in total. The SMILES string of the molecule is O=C(O)CCC(=O)N1CCN(C=C=C=NC(=O)[C@H](O)Cc2cc(Br)c(O)c(Br)c2)CC1. The van der Waals surface area contributed by atoms with Crippen molar-refractivity contribution in [1.82, 2.24) is 9.80 Å². The van der Waals surface area contributed by atoms with Gasteiger partial charge in [-0.25, -0.2) is 0 Å². The molecule has 1 heterocycles. The number of aliphatic hydroxyl groups excluding tert-OH is 1. The van der Waals surface area contributed by atoms with E-state index in [1.165, 1.54) is 0 Å². The van der Waals surface area contributed by atoms with Crippen LogP contribution >= 0.6 is 31.9 Å². The quantitative estimate of drug-likeness (QED) is 0.343. The number of carboxylic acids is 1. The first kappa shape index (κ1) is 24.8. The molecule has 0 spiro atoms. The Labute approximate surface area is 195 Å². The van der Waals surface area contributed by atoms with E-state index in [0.717, 1.165) is 0 Å². The number of hydrogen-bond donors (Lipinski definition) is 3. The summed E-state index contributed by atoms with van der Waals surface area (Å²) < 4.78 is 0.873. The normalized spacial score (nSPS) is 14.3. The maximum absolute atomic E-state index is 12.0. The first-order valence-electron chi connectivity index (χ1n) is 9.34. The van der Waals surface area contributed by atoms with E-state index < -0.39 is 18.0 Å². The van der Waals surface area contributed by atoms with Crippen LogP contribution in [0.2, 0.25) is 0 Å². The molecule has 1 aliphatic heterocycles. The second kappa shape index (κ2) is 11.8. The van der Waals surface area contributed by atoms with Crippen LogP contribution in [-0.4, -0.2) is 81.1 Å². The minimum absolute atomic E-state index is 0.0137. The molecule has 0 unspecified atom stereocenters. The van der Waals surface area contributed by atoms with Crippen LogP contribution in [0.15, 0.2) is 38.0 Å². The van der Waals surface area contributed by atoms with Gasteiger partial charge in [0.2, 0.25) is 5.91 Å². The number of piperazine rings is 1. The van der Waals surface area contributed by atoms with Crippen LogP contribution in [0.1, 0.15) is 18.4 Å². The van der Waals surface area contributed by atoms with Crippen LogP contribution in [-0.2, 0) is 20.8 Å². The number of benzene rings is 1. The van der Waals surface area contributed by atoms with E-state index in [1.807, 2.05) is 4.90 Å². The summed E-state index contributed by atoms with van der Waals surface area (Å²) in [4.78, 5) is 41.4. The van der Waals surface area contributed by atoms with Gasteiger partial charge in [0.25, 0.3) is 5.91 Å². The van der Waals surface area contributed by atoms with Gasteiger partial charge in [-0.2, -0.15) is 4.99 Å². The molecule has 0 aliphatic carbocycles. The van der Waals surface area contributed by atoms with E-state index in [-0.39, 0.29) is 30.9 Å². The molecule has 1 saturated heterocycles. The van der Waals surface area contributed by atoms with Crippen LogP contribution in [0, 0.1) is 0 Å². The van der Waals surface area contributed by atoms with Crippen molar-refractivity contribution < 1.29 is 29.7 Å². The molecule has 0 radical (unpaired) electrons. The van der Waals surface area contributed by atoms with Gasteiger partial charge in [0, 0.05) is 44.9 Å². The Morgan fingerprint density at radius 3 is 2.32 bits per heavy atom. The first-order valence-corrected chi connectivity index (χ1v) is 10.9. The smallest absolute Gasteiger partial charge is 0.303 e. The number of aliphatic hydroxyl groups is 1. The number of carboxylic acid groups (broad SMARTS) is 1. The van der Waals surface area contributed by atoms with Crippen LogP contribution in [0.5, 0.6) is 5.75 Å². The summed E-state index contributed by atoms with van der Waals surface area (Å²) in [6.45, 7) is 2.00. The van der Waals surface area contributed by atoms with E-state index in [0.29, 0.717) is 40.7 Å². The minimum Gasteiger partial charge on any atom is -0.506 e. The third-order valence-electron chi connectivity index (χ3n) is 4.49. The highest BCUT2D eigenvalue weighted by atomic mass is 79.9. The van der Waals surface area contributed by atoms with Crippen molar-refractivity contribution in [2.24, 2.45) is 4.99 Å². The maximum Gasteiger partial charge on any atom is 0.303 e. The Morgan fingerprint density at radius 1 is 1.13 bits per heavy atom. The fraction of sp³-hybridized carbons (Fsp3) is 0.400. The second-order valence-corrected chi connectivity index (χ2v) is 8.48. The monoisotopic (exact) mass is 557 g/mol. The lowest BCUT2D eigenvalue weighted by Gasteiger charge is -2.33. The van der Waals surface area contributed by atoms with Gasteiger partial charge in [0.05, 0.1) is 21.6 Å². The number of aliphatic carboxylic acids is 1. The van der Waals surface area contributed by atoms with E-state index >= 15 is 0 Å². The molecule has 11 heteroatoms.